The molecule has 0 aromatic heterocycles. The van der Waals surface area contributed by atoms with E-state index in [9.17, 15) is 9.59 Å². The maximum atomic E-state index is 11.7. The van der Waals surface area contributed by atoms with Gasteiger partial charge in [-0.15, -0.1) is 0 Å². The fourth-order valence-electron chi connectivity index (χ4n) is 1.81. The van der Waals surface area contributed by atoms with Gasteiger partial charge in [-0.3, -0.25) is 4.79 Å². The third kappa shape index (κ3) is 4.45. The fraction of sp³-hybridized carbons (Fsp3) is 0.176. The summed E-state index contributed by atoms with van der Waals surface area (Å²) in [6.07, 6.45) is 0.947. The van der Waals surface area contributed by atoms with Crippen LogP contribution in [0.15, 0.2) is 54.6 Å². The molecular weight excluding hydrogens is 266 g/mol. The van der Waals surface area contributed by atoms with Crippen LogP contribution in [0.25, 0.3) is 0 Å². The largest absolute Gasteiger partial charge is 0.452 e. The number of benzene rings is 2. The molecule has 4 nitrogen and oxygen atoms in total. The van der Waals surface area contributed by atoms with Gasteiger partial charge in [0.1, 0.15) is 0 Å². The van der Waals surface area contributed by atoms with E-state index in [1.807, 2.05) is 30.3 Å². The van der Waals surface area contributed by atoms with Crippen LogP contribution in [0.1, 0.15) is 22.8 Å². The Morgan fingerprint density at radius 2 is 1.67 bits per heavy atom. The number of amides is 1. The predicted molar refractivity (Wildman–Crippen MR) is 81.2 cm³/mol. The first-order valence-corrected chi connectivity index (χ1v) is 6.80. The average Bonchev–Trinajstić information content (AvgIpc) is 2.54. The van der Waals surface area contributed by atoms with Crippen molar-refractivity contribution >= 4 is 17.6 Å². The third-order valence-corrected chi connectivity index (χ3v) is 2.99. The highest BCUT2D eigenvalue weighted by Gasteiger charge is 2.09. The van der Waals surface area contributed by atoms with E-state index in [0.29, 0.717) is 11.3 Å². The molecule has 108 valence electrons. The van der Waals surface area contributed by atoms with Crippen molar-refractivity contribution in [3.8, 4) is 0 Å². The van der Waals surface area contributed by atoms with Crippen molar-refractivity contribution in [2.75, 3.05) is 11.9 Å². The highest BCUT2D eigenvalue weighted by atomic mass is 16.5. The highest BCUT2D eigenvalue weighted by Crippen LogP contribution is 2.10. The van der Waals surface area contributed by atoms with Crippen molar-refractivity contribution in [1.29, 1.82) is 0 Å². The van der Waals surface area contributed by atoms with Crippen LogP contribution in [0.2, 0.25) is 0 Å². The topological polar surface area (TPSA) is 55.4 Å². The molecule has 0 spiro atoms. The Balaban J connectivity index is 1.83. The van der Waals surface area contributed by atoms with Gasteiger partial charge >= 0.3 is 5.97 Å². The maximum absolute atomic E-state index is 11.7. The van der Waals surface area contributed by atoms with E-state index in [1.165, 1.54) is 5.56 Å². The van der Waals surface area contributed by atoms with Gasteiger partial charge in [0.05, 0.1) is 5.56 Å². The average molecular weight is 283 g/mol. The van der Waals surface area contributed by atoms with Crippen LogP contribution in [0.3, 0.4) is 0 Å². The summed E-state index contributed by atoms with van der Waals surface area (Å²) >= 11 is 0. The van der Waals surface area contributed by atoms with E-state index < -0.39 is 5.97 Å². The van der Waals surface area contributed by atoms with Crippen molar-refractivity contribution in [3.63, 3.8) is 0 Å². The molecule has 0 fully saturated rings. The number of aryl methyl sites for hydroxylation is 1. The molecule has 4 heteroatoms. The molecule has 2 rings (SSSR count). The number of rotatable bonds is 5. The molecule has 21 heavy (non-hydrogen) atoms. The molecule has 0 heterocycles. The van der Waals surface area contributed by atoms with E-state index >= 15 is 0 Å². The summed E-state index contributed by atoms with van der Waals surface area (Å²) in [6.45, 7) is 1.76. The van der Waals surface area contributed by atoms with Crippen molar-refractivity contribution in [1.82, 2.24) is 0 Å². The first-order valence-electron chi connectivity index (χ1n) is 6.80. The summed E-state index contributed by atoms with van der Waals surface area (Å²) in [6, 6.07) is 16.1. The third-order valence-electron chi connectivity index (χ3n) is 2.99. The second kappa shape index (κ2) is 7.24. The van der Waals surface area contributed by atoms with Crippen molar-refractivity contribution in [2.45, 2.75) is 13.3 Å². The molecule has 1 N–H and O–H groups in total. The lowest BCUT2D eigenvalue weighted by molar-refractivity contribution is -0.119. The quantitative estimate of drug-likeness (QED) is 0.858. The number of carbonyl (C=O) groups is 2. The van der Waals surface area contributed by atoms with Gasteiger partial charge < -0.3 is 10.1 Å². The lowest BCUT2D eigenvalue weighted by Crippen LogP contribution is -2.20. The number of ether oxygens (including phenoxy) is 1. The highest BCUT2D eigenvalue weighted by molar-refractivity contribution is 5.95. The maximum Gasteiger partial charge on any atom is 0.338 e. The summed E-state index contributed by atoms with van der Waals surface area (Å²) in [5, 5.41) is 2.68. The van der Waals surface area contributed by atoms with Crippen LogP contribution in [0, 0.1) is 0 Å². The molecule has 0 aliphatic rings. The number of carbonyl (C=O) groups excluding carboxylic acids is 2. The van der Waals surface area contributed by atoms with E-state index in [4.69, 9.17) is 4.74 Å². The van der Waals surface area contributed by atoms with E-state index in [2.05, 4.69) is 12.2 Å². The molecule has 0 saturated heterocycles. The Labute approximate surface area is 123 Å². The van der Waals surface area contributed by atoms with Crippen molar-refractivity contribution < 1.29 is 14.3 Å². The molecule has 0 aliphatic heterocycles. The van der Waals surface area contributed by atoms with Crippen LogP contribution in [-0.2, 0) is 16.0 Å². The van der Waals surface area contributed by atoms with Crippen molar-refractivity contribution in [2.24, 2.45) is 0 Å². The minimum atomic E-state index is -0.507. The first kappa shape index (κ1) is 14.8. The lowest BCUT2D eigenvalue weighted by Gasteiger charge is -2.07. The van der Waals surface area contributed by atoms with Crippen LogP contribution in [-0.4, -0.2) is 18.5 Å². The molecular formula is C17H17NO3. The van der Waals surface area contributed by atoms with Crippen LogP contribution in [0.5, 0.6) is 0 Å². The molecule has 2 aromatic carbocycles. The Kier molecular flexibility index (Phi) is 5.10. The lowest BCUT2D eigenvalue weighted by atomic mass is 10.1. The second-order valence-corrected chi connectivity index (χ2v) is 4.54. The second-order valence-electron chi connectivity index (χ2n) is 4.54. The molecule has 2 aromatic rings. The van der Waals surface area contributed by atoms with Crippen LogP contribution in [0.4, 0.5) is 5.69 Å². The Hall–Kier alpha value is -2.62. The summed E-state index contributed by atoms with van der Waals surface area (Å²) in [7, 11) is 0. The molecule has 0 radical (unpaired) electrons. The zero-order valence-corrected chi connectivity index (χ0v) is 11.8. The molecule has 0 unspecified atom stereocenters. The van der Waals surface area contributed by atoms with Crippen molar-refractivity contribution in [3.05, 3.63) is 65.7 Å². The van der Waals surface area contributed by atoms with E-state index in [-0.39, 0.29) is 12.5 Å². The molecule has 0 atom stereocenters. The van der Waals surface area contributed by atoms with Gasteiger partial charge in [-0.05, 0) is 36.2 Å². The normalized spacial score (nSPS) is 9.95. The zero-order chi connectivity index (χ0) is 15.1. The van der Waals surface area contributed by atoms with Gasteiger partial charge in [-0.2, -0.15) is 0 Å². The van der Waals surface area contributed by atoms with E-state index in [1.54, 1.807) is 24.3 Å². The first-order chi connectivity index (χ1) is 10.2. The molecule has 1 amide bonds. The minimum Gasteiger partial charge on any atom is -0.452 e. The fourth-order valence-corrected chi connectivity index (χ4v) is 1.81. The SMILES string of the molecule is CCc1ccc(NC(=O)COC(=O)c2ccccc2)cc1. The Morgan fingerprint density at radius 3 is 2.29 bits per heavy atom. The van der Waals surface area contributed by atoms with Crippen LogP contribution >= 0.6 is 0 Å². The van der Waals surface area contributed by atoms with Gasteiger partial charge in [0, 0.05) is 5.69 Å². The predicted octanol–water partition coefficient (Wildman–Crippen LogP) is 3.04. The summed E-state index contributed by atoms with van der Waals surface area (Å²) < 4.78 is 4.96. The van der Waals surface area contributed by atoms with Gasteiger partial charge in [0.15, 0.2) is 6.61 Å². The van der Waals surface area contributed by atoms with Gasteiger partial charge in [0.2, 0.25) is 0 Å². The molecule has 0 saturated carbocycles. The minimum absolute atomic E-state index is 0.302. The molecule has 0 bridgehead atoms. The van der Waals surface area contributed by atoms with Gasteiger partial charge in [-0.25, -0.2) is 4.79 Å². The standard InChI is InChI=1S/C17H17NO3/c1-2-13-8-10-15(11-9-13)18-16(19)12-21-17(20)14-6-4-3-5-7-14/h3-11H,2,12H2,1H3,(H,18,19). The van der Waals surface area contributed by atoms with Gasteiger partial charge in [-0.1, -0.05) is 37.3 Å². The summed E-state index contributed by atoms with van der Waals surface area (Å²) in [5.74, 6) is -0.865. The number of esters is 1. The number of anilines is 1. The van der Waals surface area contributed by atoms with E-state index in [0.717, 1.165) is 6.42 Å². The number of hydrogen-bond acceptors (Lipinski definition) is 3. The summed E-state index contributed by atoms with van der Waals surface area (Å²) in [5.41, 5.74) is 2.31. The number of hydrogen-bond donors (Lipinski definition) is 1. The Morgan fingerprint density at radius 1 is 1.00 bits per heavy atom. The molecule has 0 aliphatic carbocycles. The summed E-state index contributed by atoms with van der Waals surface area (Å²) in [4.78, 5) is 23.4. The van der Waals surface area contributed by atoms with Gasteiger partial charge in [0.25, 0.3) is 5.91 Å². The monoisotopic (exact) mass is 283 g/mol. The zero-order valence-electron chi connectivity index (χ0n) is 11.8. The Bertz CT molecular complexity index is 606. The number of nitrogens with one attached hydrogen (secondary N) is 1. The smallest absolute Gasteiger partial charge is 0.338 e. The van der Waals surface area contributed by atoms with Crippen LogP contribution < -0.4 is 5.32 Å².